The van der Waals surface area contributed by atoms with Crippen LogP contribution in [0.2, 0.25) is 0 Å². The summed E-state index contributed by atoms with van der Waals surface area (Å²) in [5.41, 5.74) is -0.285. The summed E-state index contributed by atoms with van der Waals surface area (Å²) in [6.07, 6.45) is -4.89. The largest absolute Gasteiger partial charge is 0.418 e. The van der Waals surface area contributed by atoms with E-state index in [1.807, 2.05) is 16.8 Å². The Morgan fingerprint density at radius 1 is 1.30 bits per heavy atom. The van der Waals surface area contributed by atoms with Crippen molar-refractivity contribution in [2.24, 2.45) is 0 Å². The van der Waals surface area contributed by atoms with E-state index in [4.69, 9.17) is 4.74 Å². The average molecular weight is 344 g/mol. The number of para-hydroxylation sites is 1. The number of carbonyl (C=O) groups excluding carboxylic acids is 1. The first-order valence-corrected chi connectivity index (χ1v) is 7.62. The zero-order valence-corrected chi connectivity index (χ0v) is 13.0. The Kier molecular flexibility index (Phi) is 5.62. The van der Waals surface area contributed by atoms with Crippen LogP contribution in [0, 0.1) is 0 Å². The molecule has 0 saturated carbocycles. The molecule has 0 aliphatic rings. The van der Waals surface area contributed by atoms with Crippen LogP contribution in [0.5, 0.6) is 0 Å². The predicted octanol–water partition coefficient (Wildman–Crippen LogP) is 4.28. The van der Waals surface area contributed by atoms with Crippen molar-refractivity contribution in [3.8, 4) is 0 Å². The molecule has 124 valence electrons. The molecule has 1 aromatic carbocycles. The number of carbonyl (C=O) groups is 1. The number of benzene rings is 1. The van der Waals surface area contributed by atoms with Gasteiger partial charge >= 0.3 is 12.2 Å². The molecule has 0 unspecified atom stereocenters. The second-order valence-electron chi connectivity index (χ2n) is 4.66. The number of urea groups is 1. The molecule has 23 heavy (non-hydrogen) atoms. The summed E-state index contributed by atoms with van der Waals surface area (Å²) in [6, 6.07) is 5.95. The topological polar surface area (TPSA) is 50.4 Å². The van der Waals surface area contributed by atoms with Crippen molar-refractivity contribution in [3.63, 3.8) is 0 Å². The zero-order chi connectivity index (χ0) is 16.9. The third-order valence-corrected chi connectivity index (χ3v) is 3.83. The van der Waals surface area contributed by atoms with E-state index < -0.39 is 17.8 Å². The lowest BCUT2D eigenvalue weighted by Gasteiger charge is -2.17. The Labute approximate surface area is 135 Å². The van der Waals surface area contributed by atoms with Crippen molar-refractivity contribution in [2.75, 3.05) is 19.0 Å². The van der Waals surface area contributed by atoms with Gasteiger partial charge in [0, 0.05) is 13.7 Å². The summed E-state index contributed by atoms with van der Waals surface area (Å²) in [4.78, 5) is 11.8. The molecular formula is C15H15F3N2O2S. The predicted molar refractivity (Wildman–Crippen MR) is 82.5 cm³/mol. The number of hydrogen-bond donors (Lipinski definition) is 2. The van der Waals surface area contributed by atoms with E-state index in [2.05, 4.69) is 10.6 Å². The van der Waals surface area contributed by atoms with E-state index in [1.54, 1.807) is 0 Å². The first kappa shape index (κ1) is 17.3. The van der Waals surface area contributed by atoms with Gasteiger partial charge in [-0.05, 0) is 34.5 Å². The minimum absolute atomic E-state index is 0.146. The highest BCUT2D eigenvalue weighted by molar-refractivity contribution is 7.07. The van der Waals surface area contributed by atoms with Crippen molar-refractivity contribution in [1.29, 1.82) is 0 Å². The van der Waals surface area contributed by atoms with Crippen molar-refractivity contribution < 1.29 is 22.7 Å². The van der Waals surface area contributed by atoms with Gasteiger partial charge in [-0.3, -0.25) is 0 Å². The average Bonchev–Trinajstić information content (AvgIpc) is 3.01. The van der Waals surface area contributed by atoms with Crippen molar-refractivity contribution >= 4 is 23.1 Å². The number of rotatable bonds is 5. The monoisotopic (exact) mass is 344 g/mol. The summed E-state index contributed by atoms with van der Waals surface area (Å²) in [6.45, 7) is 0.146. The lowest BCUT2D eigenvalue weighted by Crippen LogP contribution is -2.33. The molecule has 2 amide bonds. The molecule has 0 aliphatic heterocycles. The highest BCUT2D eigenvalue weighted by Crippen LogP contribution is 2.34. The van der Waals surface area contributed by atoms with Crippen LogP contribution in [-0.4, -0.2) is 19.7 Å². The molecule has 0 spiro atoms. The maximum Gasteiger partial charge on any atom is 0.418 e. The number of amides is 2. The molecule has 1 aromatic heterocycles. The van der Waals surface area contributed by atoms with Gasteiger partial charge in [0.1, 0.15) is 6.10 Å². The molecule has 2 N–H and O–H groups in total. The Morgan fingerprint density at radius 3 is 2.65 bits per heavy atom. The molecule has 8 heteroatoms. The van der Waals surface area contributed by atoms with E-state index in [-0.39, 0.29) is 18.3 Å². The Balaban J connectivity index is 1.98. The molecule has 0 aliphatic carbocycles. The third-order valence-electron chi connectivity index (χ3n) is 3.13. The molecule has 0 bridgehead atoms. The number of alkyl halides is 3. The summed E-state index contributed by atoms with van der Waals surface area (Å²) < 4.78 is 43.8. The number of hydrogen-bond acceptors (Lipinski definition) is 3. The van der Waals surface area contributed by atoms with E-state index >= 15 is 0 Å². The van der Waals surface area contributed by atoms with E-state index in [1.165, 1.54) is 36.6 Å². The number of anilines is 1. The van der Waals surface area contributed by atoms with Gasteiger partial charge in [0.05, 0.1) is 11.3 Å². The second-order valence-corrected chi connectivity index (χ2v) is 5.44. The maximum atomic E-state index is 12.9. The van der Waals surface area contributed by atoms with Crippen LogP contribution in [-0.2, 0) is 10.9 Å². The Hall–Kier alpha value is -2.06. The van der Waals surface area contributed by atoms with E-state index in [0.29, 0.717) is 0 Å². The van der Waals surface area contributed by atoms with Gasteiger partial charge in [0.25, 0.3) is 0 Å². The zero-order valence-electron chi connectivity index (χ0n) is 12.2. The second kappa shape index (κ2) is 7.47. The van der Waals surface area contributed by atoms with Crippen LogP contribution in [0.3, 0.4) is 0 Å². The van der Waals surface area contributed by atoms with Crippen LogP contribution < -0.4 is 10.6 Å². The quantitative estimate of drug-likeness (QED) is 0.851. The Morgan fingerprint density at radius 2 is 2.04 bits per heavy atom. The molecule has 1 heterocycles. The van der Waals surface area contributed by atoms with Gasteiger partial charge in [0.2, 0.25) is 0 Å². The lowest BCUT2D eigenvalue weighted by atomic mass is 10.1. The van der Waals surface area contributed by atoms with Gasteiger partial charge in [-0.15, -0.1) is 0 Å². The SMILES string of the molecule is CO[C@@H](CNC(=O)Nc1ccccc1C(F)(F)F)c1ccsc1. The van der Waals surface area contributed by atoms with Crippen LogP contribution in [0.1, 0.15) is 17.2 Å². The van der Waals surface area contributed by atoms with E-state index in [0.717, 1.165) is 11.6 Å². The molecule has 0 radical (unpaired) electrons. The first-order chi connectivity index (χ1) is 10.9. The number of thiophene rings is 1. The molecule has 0 fully saturated rings. The van der Waals surface area contributed by atoms with Crippen LogP contribution in [0.15, 0.2) is 41.1 Å². The number of ether oxygens (including phenoxy) is 1. The minimum Gasteiger partial charge on any atom is -0.375 e. The molecule has 1 atom stereocenters. The number of methoxy groups -OCH3 is 1. The smallest absolute Gasteiger partial charge is 0.375 e. The van der Waals surface area contributed by atoms with Gasteiger partial charge in [-0.1, -0.05) is 12.1 Å². The number of nitrogens with one attached hydrogen (secondary N) is 2. The van der Waals surface area contributed by atoms with Gasteiger partial charge < -0.3 is 15.4 Å². The fourth-order valence-corrected chi connectivity index (χ4v) is 2.69. The van der Waals surface area contributed by atoms with Crippen molar-refractivity contribution in [2.45, 2.75) is 12.3 Å². The van der Waals surface area contributed by atoms with Crippen LogP contribution >= 0.6 is 11.3 Å². The number of halogens is 3. The molecule has 2 aromatic rings. The third kappa shape index (κ3) is 4.70. The highest BCUT2D eigenvalue weighted by Gasteiger charge is 2.33. The normalized spacial score (nSPS) is 12.7. The summed E-state index contributed by atoms with van der Waals surface area (Å²) in [7, 11) is 1.50. The van der Waals surface area contributed by atoms with Crippen molar-refractivity contribution in [1.82, 2.24) is 5.32 Å². The van der Waals surface area contributed by atoms with Gasteiger partial charge in [-0.2, -0.15) is 24.5 Å². The highest BCUT2D eigenvalue weighted by atomic mass is 32.1. The summed E-state index contributed by atoms with van der Waals surface area (Å²) >= 11 is 1.49. The Bertz CT molecular complexity index is 644. The maximum absolute atomic E-state index is 12.9. The first-order valence-electron chi connectivity index (χ1n) is 6.67. The molecule has 2 rings (SSSR count). The standard InChI is InChI=1S/C15H15F3N2O2S/c1-22-13(10-6-7-23-9-10)8-19-14(21)20-12-5-3-2-4-11(12)15(16,17)18/h2-7,9,13H,8H2,1H3,(H2,19,20,21)/t13-/m0/s1. The molecular weight excluding hydrogens is 329 g/mol. The van der Waals surface area contributed by atoms with Gasteiger partial charge in [0.15, 0.2) is 0 Å². The van der Waals surface area contributed by atoms with Crippen LogP contribution in [0.4, 0.5) is 23.7 Å². The fourth-order valence-electron chi connectivity index (χ4n) is 1.99. The minimum atomic E-state index is -4.53. The van der Waals surface area contributed by atoms with Crippen LogP contribution in [0.25, 0.3) is 0 Å². The van der Waals surface area contributed by atoms with Gasteiger partial charge in [-0.25, -0.2) is 4.79 Å². The molecule has 4 nitrogen and oxygen atoms in total. The summed E-state index contributed by atoms with van der Waals surface area (Å²) in [5, 5.41) is 8.49. The van der Waals surface area contributed by atoms with Crippen molar-refractivity contribution in [3.05, 3.63) is 52.2 Å². The molecule has 0 saturated heterocycles. The summed E-state index contributed by atoms with van der Waals surface area (Å²) in [5.74, 6) is 0. The lowest BCUT2D eigenvalue weighted by molar-refractivity contribution is -0.136. The fraction of sp³-hybridized carbons (Fsp3) is 0.267. The van der Waals surface area contributed by atoms with E-state index in [9.17, 15) is 18.0 Å².